The van der Waals surface area contributed by atoms with E-state index in [1.807, 2.05) is 13.0 Å². The van der Waals surface area contributed by atoms with Gasteiger partial charge < -0.3 is 9.47 Å². The fourth-order valence-corrected chi connectivity index (χ4v) is 12.0. The molecule has 7 rings (SSSR count). The molecular weight excluding hydrogens is 424 g/mol. The van der Waals surface area contributed by atoms with Crippen molar-refractivity contribution in [2.45, 2.75) is 111 Å². The summed E-state index contributed by atoms with van der Waals surface area (Å²) in [7, 11) is 0. The van der Waals surface area contributed by atoms with Crippen molar-refractivity contribution in [1.29, 1.82) is 0 Å². The lowest BCUT2D eigenvalue weighted by atomic mass is 9.42. The van der Waals surface area contributed by atoms with Crippen LogP contribution in [0.5, 0.6) is 0 Å². The molecular formula is C30H42O4. The van der Waals surface area contributed by atoms with Gasteiger partial charge in [-0.15, -0.1) is 0 Å². The molecule has 0 aromatic rings. The maximum Gasteiger partial charge on any atom is 0.336 e. The van der Waals surface area contributed by atoms with Crippen molar-refractivity contribution in [3.8, 4) is 0 Å². The molecule has 4 heteroatoms. The van der Waals surface area contributed by atoms with Crippen molar-refractivity contribution in [2.75, 3.05) is 0 Å². The molecule has 10 atom stereocenters. The fraction of sp³-hybridized carbons (Fsp3) is 0.867. The van der Waals surface area contributed by atoms with Crippen molar-refractivity contribution in [1.82, 2.24) is 0 Å². The number of carbonyl (C=O) groups excluding carboxylic acids is 2. The van der Waals surface area contributed by atoms with Gasteiger partial charge in [0.2, 0.25) is 5.79 Å². The average Bonchev–Trinajstić information content (AvgIpc) is 3.24. The van der Waals surface area contributed by atoms with Crippen LogP contribution in [-0.4, -0.2) is 23.6 Å². The zero-order chi connectivity index (χ0) is 24.1. The number of rotatable bonds is 0. The largest absolute Gasteiger partial charge is 0.426 e. The van der Waals surface area contributed by atoms with Gasteiger partial charge in [-0.25, -0.2) is 4.79 Å². The van der Waals surface area contributed by atoms with E-state index in [9.17, 15) is 9.59 Å². The number of ketones is 1. The summed E-state index contributed by atoms with van der Waals surface area (Å²) in [6.07, 6.45) is 12.3. The Morgan fingerprint density at radius 2 is 1.62 bits per heavy atom. The van der Waals surface area contributed by atoms with Gasteiger partial charge in [0, 0.05) is 23.8 Å². The Labute approximate surface area is 204 Å². The van der Waals surface area contributed by atoms with E-state index in [0.29, 0.717) is 39.9 Å². The summed E-state index contributed by atoms with van der Waals surface area (Å²) in [4.78, 5) is 25.2. The molecule has 2 aliphatic heterocycles. The van der Waals surface area contributed by atoms with Crippen LogP contribution in [0.15, 0.2) is 11.6 Å². The molecule has 0 radical (unpaired) electrons. The summed E-state index contributed by atoms with van der Waals surface area (Å²) in [6, 6.07) is 0. The van der Waals surface area contributed by atoms with Gasteiger partial charge in [0.25, 0.3) is 0 Å². The standard InChI is InChI=1S/C30H42O4/c1-17-13-30(14-18(2)24(32)34-30)33-19-15-27(6)21-8-7-20-25(3,4)22(31)9-10-28(20)16-29(21,28)12-11-26(27,5)23(17)19/h14,17,19-21,23H,7-13,15-16H2,1-6H3/t17-,19-,20+,21-,23+,26-,27-,28-,29+,30+/m1/s1. The lowest BCUT2D eigenvalue weighted by molar-refractivity contribution is -0.258. The van der Waals surface area contributed by atoms with Crippen molar-refractivity contribution >= 4 is 11.8 Å². The van der Waals surface area contributed by atoms with Crippen molar-refractivity contribution in [3.05, 3.63) is 11.6 Å². The maximum atomic E-state index is 12.9. The van der Waals surface area contributed by atoms with Crippen LogP contribution in [0, 0.1) is 50.7 Å². The van der Waals surface area contributed by atoms with Crippen molar-refractivity contribution in [3.63, 3.8) is 0 Å². The Kier molecular flexibility index (Phi) is 3.92. The highest BCUT2D eigenvalue weighted by Crippen LogP contribution is 2.89. The van der Waals surface area contributed by atoms with Crippen molar-refractivity contribution in [2.24, 2.45) is 50.7 Å². The Morgan fingerprint density at radius 1 is 0.912 bits per heavy atom. The lowest BCUT2D eigenvalue weighted by Gasteiger charge is -2.62. The molecule has 0 unspecified atom stereocenters. The number of esters is 1. The van der Waals surface area contributed by atoms with Gasteiger partial charge >= 0.3 is 5.97 Å². The quantitative estimate of drug-likeness (QED) is 0.397. The molecule has 0 N–H and O–H groups in total. The Bertz CT molecular complexity index is 1040. The summed E-state index contributed by atoms with van der Waals surface area (Å²) >= 11 is 0. The van der Waals surface area contributed by atoms with Gasteiger partial charge in [-0.2, -0.15) is 0 Å². The van der Waals surface area contributed by atoms with Crippen LogP contribution in [-0.2, 0) is 19.1 Å². The normalized spacial score (nSPS) is 58.8. The molecule has 5 aliphatic carbocycles. The first-order valence-corrected chi connectivity index (χ1v) is 14.0. The first-order chi connectivity index (χ1) is 15.8. The Morgan fingerprint density at radius 3 is 2.32 bits per heavy atom. The molecule has 0 aromatic carbocycles. The van der Waals surface area contributed by atoms with Gasteiger partial charge in [0.05, 0.1) is 6.10 Å². The van der Waals surface area contributed by atoms with Gasteiger partial charge in [-0.05, 0) is 103 Å². The molecule has 5 saturated carbocycles. The highest BCUT2D eigenvalue weighted by Gasteiger charge is 2.83. The molecule has 34 heavy (non-hydrogen) atoms. The maximum absolute atomic E-state index is 12.9. The molecule has 2 heterocycles. The first-order valence-electron chi connectivity index (χ1n) is 14.0. The van der Waals surface area contributed by atoms with Crippen LogP contribution in [0.2, 0.25) is 0 Å². The van der Waals surface area contributed by atoms with E-state index in [1.54, 1.807) is 0 Å². The average molecular weight is 467 g/mol. The number of carbonyl (C=O) groups is 2. The summed E-state index contributed by atoms with van der Waals surface area (Å²) in [5.41, 5.74) is 1.87. The second-order valence-corrected chi connectivity index (χ2v) is 14.7. The Balaban J connectivity index is 1.25. The smallest absolute Gasteiger partial charge is 0.336 e. The number of fused-ring (bicyclic) bond motifs is 4. The number of Topliss-reactive ketones (excluding diaryl/α,β-unsaturated/α-hetero) is 1. The number of hydrogen-bond acceptors (Lipinski definition) is 4. The predicted octanol–water partition coefficient (Wildman–Crippen LogP) is 6.23. The molecule has 186 valence electrons. The fourth-order valence-electron chi connectivity index (χ4n) is 12.0. The van der Waals surface area contributed by atoms with E-state index in [2.05, 4.69) is 34.6 Å². The van der Waals surface area contributed by atoms with Crippen LogP contribution >= 0.6 is 0 Å². The van der Waals surface area contributed by atoms with Gasteiger partial charge in [-0.3, -0.25) is 4.79 Å². The minimum Gasteiger partial charge on any atom is -0.426 e. The van der Waals surface area contributed by atoms with Gasteiger partial charge in [0.15, 0.2) is 0 Å². The zero-order valence-corrected chi connectivity index (χ0v) is 22.0. The van der Waals surface area contributed by atoms with Crippen LogP contribution in [0.25, 0.3) is 0 Å². The van der Waals surface area contributed by atoms with Gasteiger partial charge in [0.1, 0.15) is 5.78 Å². The van der Waals surface area contributed by atoms with Crippen LogP contribution in [0.4, 0.5) is 0 Å². The van der Waals surface area contributed by atoms with Crippen LogP contribution in [0.3, 0.4) is 0 Å². The second-order valence-electron chi connectivity index (χ2n) is 14.7. The molecule has 1 saturated heterocycles. The number of hydrogen-bond donors (Lipinski definition) is 0. The monoisotopic (exact) mass is 466 g/mol. The summed E-state index contributed by atoms with van der Waals surface area (Å²) in [6.45, 7) is 13.9. The van der Waals surface area contributed by atoms with E-state index >= 15 is 0 Å². The SMILES string of the molecule is CC1=C[C@]2(C[C@@H](C)[C@H]3[C@@H](C[C@]4(C)[C@H]5CC[C@H]6C(C)(C)C(=O)CC[C@@]67C[C@@]57CC[C@]34C)O2)OC1=O. The highest BCUT2D eigenvalue weighted by atomic mass is 16.7. The summed E-state index contributed by atoms with van der Waals surface area (Å²) in [5, 5.41) is 0. The minimum absolute atomic E-state index is 0.153. The molecule has 7 aliphatic rings. The zero-order valence-electron chi connectivity index (χ0n) is 22.0. The minimum atomic E-state index is -0.841. The highest BCUT2D eigenvalue weighted by molar-refractivity contribution is 5.90. The third-order valence-electron chi connectivity index (χ3n) is 13.5. The van der Waals surface area contributed by atoms with Crippen LogP contribution in [0.1, 0.15) is 99.3 Å². The molecule has 4 nitrogen and oxygen atoms in total. The summed E-state index contributed by atoms with van der Waals surface area (Å²) in [5.74, 6) is 1.72. The second kappa shape index (κ2) is 6.03. The first kappa shape index (κ1) is 22.1. The van der Waals surface area contributed by atoms with E-state index < -0.39 is 5.79 Å². The van der Waals surface area contributed by atoms with E-state index in [4.69, 9.17) is 9.47 Å². The van der Waals surface area contributed by atoms with E-state index in [-0.39, 0.29) is 28.3 Å². The topological polar surface area (TPSA) is 52.6 Å². The molecule has 6 fully saturated rings. The summed E-state index contributed by atoms with van der Waals surface area (Å²) < 4.78 is 12.7. The molecule has 0 aromatic heterocycles. The Hall–Kier alpha value is -1.16. The van der Waals surface area contributed by atoms with E-state index in [0.717, 1.165) is 31.6 Å². The molecule has 0 amide bonds. The molecule has 0 bridgehead atoms. The van der Waals surface area contributed by atoms with Gasteiger partial charge in [-0.1, -0.05) is 34.6 Å². The van der Waals surface area contributed by atoms with E-state index in [1.165, 1.54) is 32.1 Å². The third-order valence-corrected chi connectivity index (χ3v) is 13.5. The van der Waals surface area contributed by atoms with Crippen LogP contribution < -0.4 is 0 Å². The van der Waals surface area contributed by atoms with Crippen molar-refractivity contribution < 1.29 is 19.1 Å². The molecule has 3 spiro atoms. The lowest BCUT2D eigenvalue weighted by Crippen LogP contribution is -2.57. The predicted molar refractivity (Wildman–Crippen MR) is 129 cm³/mol. The third kappa shape index (κ3) is 2.20. The number of ether oxygens (including phenoxy) is 2.